The van der Waals surface area contributed by atoms with Crippen LogP contribution in [0.4, 0.5) is 0 Å². The molecule has 0 spiro atoms. The Bertz CT molecular complexity index is 433. The van der Waals surface area contributed by atoms with Gasteiger partial charge in [-0.25, -0.2) is 9.97 Å². The molecule has 1 amide bonds. The zero-order valence-electron chi connectivity index (χ0n) is 11.4. The Morgan fingerprint density at radius 1 is 1.47 bits per heavy atom. The maximum Gasteiger partial charge on any atom is 0.316 e. The maximum atomic E-state index is 12.5. The number of rotatable bonds is 3. The predicted molar refractivity (Wildman–Crippen MR) is 70.9 cm³/mol. The third kappa shape index (κ3) is 3.01. The van der Waals surface area contributed by atoms with Crippen molar-refractivity contribution in [2.24, 2.45) is 5.73 Å². The monoisotopic (exact) mass is 264 g/mol. The summed E-state index contributed by atoms with van der Waals surface area (Å²) < 4.78 is 4.89. The van der Waals surface area contributed by atoms with Crippen LogP contribution in [0.15, 0.2) is 12.4 Å². The fourth-order valence-corrected chi connectivity index (χ4v) is 2.45. The van der Waals surface area contributed by atoms with Gasteiger partial charge in [-0.1, -0.05) is 0 Å². The molecule has 0 aromatic carbocycles. The lowest BCUT2D eigenvalue weighted by molar-refractivity contribution is 0.0582. The van der Waals surface area contributed by atoms with Crippen molar-refractivity contribution in [3.05, 3.63) is 18.0 Å². The van der Waals surface area contributed by atoms with Crippen molar-refractivity contribution in [1.82, 2.24) is 14.9 Å². The van der Waals surface area contributed by atoms with E-state index in [2.05, 4.69) is 9.97 Å². The molecule has 1 aliphatic heterocycles. The molecule has 0 unspecified atom stereocenters. The van der Waals surface area contributed by atoms with Crippen molar-refractivity contribution >= 4 is 5.91 Å². The van der Waals surface area contributed by atoms with Gasteiger partial charge in [0.15, 0.2) is 0 Å². The van der Waals surface area contributed by atoms with Gasteiger partial charge in [0.05, 0.1) is 12.7 Å². The summed E-state index contributed by atoms with van der Waals surface area (Å²) in [6.07, 6.45) is 6.10. The number of nitrogens with zero attached hydrogens (tertiary/aromatic N) is 3. The molecule has 104 valence electrons. The van der Waals surface area contributed by atoms with Crippen LogP contribution in [0.3, 0.4) is 0 Å². The molecule has 0 saturated carbocycles. The number of hydrogen-bond acceptors (Lipinski definition) is 5. The lowest BCUT2D eigenvalue weighted by Crippen LogP contribution is -2.51. The van der Waals surface area contributed by atoms with Crippen LogP contribution in [0.1, 0.15) is 36.5 Å². The molecule has 2 atom stereocenters. The van der Waals surface area contributed by atoms with Crippen molar-refractivity contribution in [2.75, 3.05) is 13.7 Å². The number of aromatic nitrogens is 2. The normalized spacial score (nSPS) is 21.0. The number of nitrogens with two attached hydrogens (primary N) is 1. The number of ether oxygens (including phenoxy) is 1. The summed E-state index contributed by atoms with van der Waals surface area (Å²) in [5.41, 5.74) is 6.45. The van der Waals surface area contributed by atoms with Gasteiger partial charge in [-0.15, -0.1) is 0 Å². The molecule has 19 heavy (non-hydrogen) atoms. The van der Waals surface area contributed by atoms with Gasteiger partial charge in [-0.3, -0.25) is 4.79 Å². The second-order valence-electron chi connectivity index (χ2n) is 4.88. The van der Waals surface area contributed by atoms with E-state index in [0.29, 0.717) is 5.56 Å². The number of carbonyl (C=O) groups is 1. The second kappa shape index (κ2) is 5.97. The molecule has 1 aromatic rings. The molecule has 0 bridgehead atoms. The highest BCUT2D eigenvalue weighted by Gasteiger charge is 2.30. The van der Waals surface area contributed by atoms with Gasteiger partial charge in [0.2, 0.25) is 0 Å². The smallest absolute Gasteiger partial charge is 0.316 e. The highest BCUT2D eigenvalue weighted by Crippen LogP contribution is 2.21. The SMILES string of the molecule is COc1ncc(C(=O)N2CCCC[C@@H]2[C@H](C)N)cn1. The number of carbonyl (C=O) groups excluding carboxylic acids is 1. The molecular formula is C13H20N4O2. The minimum Gasteiger partial charge on any atom is -0.467 e. The molecule has 1 aromatic heterocycles. The molecule has 0 aliphatic carbocycles. The topological polar surface area (TPSA) is 81.3 Å². The second-order valence-corrected chi connectivity index (χ2v) is 4.88. The zero-order chi connectivity index (χ0) is 13.8. The first-order valence-corrected chi connectivity index (χ1v) is 6.56. The highest BCUT2D eigenvalue weighted by molar-refractivity contribution is 5.94. The summed E-state index contributed by atoms with van der Waals surface area (Å²) in [6, 6.07) is 0.339. The summed E-state index contributed by atoms with van der Waals surface area (Å²) in [5.74, 6) is -0.0512. The van der Waals surface area contributed by atoms with Crippen LogP contribution in [0.2, 0.25) is 0 Å². The summed E-state index contributed by atoms with van der Waals surface area (Å²) in [7, 11) is 1.49. The van der Waals surface area contributed by atoms with Crippen molar-refractivity contribution in [2.45, 2.75) is 38.3 Å². The van der Waals surface area contributed by atoms with Crippen LogP contribution in [0.25, 0.3) is 0 Å². The van der Waals surface area contributed by atoms with Crippen LogP contribution in [0.5, 0.6) is 6.01 Å². The van der Waals surface area contributed by atoms with Crippen LogP contribution < -0.4 is 10.5 Å². The fourth-order valence-electron chi connectivity index (χ4n) is 2.45. The van der Waals surface area contributed by atoms with Crippen molar-refractivity contribution in [1.29, 1.82) is 0 Å². The third-order valence-corrected chi connectivity index (χ3v) is 3.47. The Labute approximate surface area is 113 Å². The van der Waals surface area contributed by atoms with E-state index in [1.165, 1.54) is 19.5 Å². The number of methoxy groups -OCH3 is 1. The van der Waals surface area contributed by atoms with E-state index in [-0.39, 0.29) is 24.0 Å². The van der Waals surface area contributed by atoms with Crippen molar-refractivity contribution in [3.8, 4) is 6.01 Å². The van der Waals surface area contributed by atoms with Crippen LogP contribution in [-0.4, -0.2) is 46.5 Å². The molecule has 2 heterocycles. The standard InChI is InChI=1S/C13H20N4O2/c1-9(14)11-5-3-4-6-17(11)12(18)10-7-15-13(19-2)16-8-10/h7-9,11H,3-6,14H2,1-2H3/t9-,11+/m0/s1. The van der Waals surface area contributed by atoms with Gasteiger partial charge in [0.1, 0.15) is 0 Å². The Balaban J connectivity index is 2.16. The quantitative estimate of drug-likeness (QED) is 0.874. The molecule has 0 radical (unpaired) electrons. The van der Waals surface area contributed by atoms with Gasteiger partial charge >= 0.3 is 6.01 Å². The lowest BCUT2D eigenvalue weighted by Gasteiger charge is -2.38. The van der Waals surface area contributed by atoms with E-state index in [1.54, 1.807) is 0 Å². The Morgan fingerprint density at radius 3 is 2.74 bits per heavy atom. The van der Waals surface area contributed by atoms with E-state index in [1.807, 2.05) is 11.8 Å². The van der Waals surface area contributed by atoms with Gasteiger partial charge in [0.25, 0.3) is 5.91 Å². The Kier molecular flexibility index (Phi) is 4.31. The predicted octanol–water partition coefficient (Wildman–Crippen LogP) is 0.827. The summed E-state index contributed by atoms with van der Waals surface area (Å²) in [6.45, 7) is 2.69. The molecular weight excluding hydrogens is 244 g/mol. The fraction of sp³-hybridized carbons (Fsp3) is 0.615. The molecule has 6 nitrogen and oxygen atoms in total. The van der Waals surface area contributed by atoms with E-state index in [4.69, 9.17) is 10.5 Å². The van der Waals surface area contributed by atoms with Gasteiger partial charge < -0.3 is 15.4 Å². The van der Waals surface area contributed by atoms with E-state index in [0.717, 1.165) is 25.8 Å². The summed E-state index contributed by atoms with van der Waals surface area (Å²) in [5, 5.41) is 0. The first kappa shape index (κ1) is 13.7. The summed E-state index contributed by atoms with van der Waals surface area (Å²) >= 11 is 0. The molecule has 2 N–H and O–H groups in total. The van der Waals surface area contributed by atoms with Crippen molar-refractivity contribution < 1.29 is 9.53 Å². The first-order chi connectivity index (χ1) is 9.13. The maximum absolute atomic E-state index is 12.5. The molecule has 6 heteroatoms. The Hall–Kier alpha value is -1.69. The van der Waals surface area contributed by atoms with Gasteiger partial charge in [-0.2, -0.15) is 0 Å². The highest BCUT2D eigenvalue weighted by atomic mass is 16.5. The average molecular weight is 264 g/mol. The van der Waals surface area contributed by atoms with Gasteiger partial charge in [0, 0.05) is 31.0 Å². The number of hydrogen-bond donors (Lipinski definition) is 1. The molecule has 2 rings (SSSR count). The van der Waals surface area contributed by atoms with Crippen LogP contribution in [-0.2, 0) is 0 Å². The number of amides is 1. The summed E-state index contributed by atoms with van der Waals surface area (Å²) in [4.78, 5) is 22.3. The minimum absolute atomic E-state index is 0.0246. The number of likely N-dealkylation sites (tertiary alicyclic amines) is 1. The third-order valence-electron chi connectivity index (χ3n) is 3.47. The minimum atomic E-state index is -0.0512. The van der Waals surface area contributed by atoms with Crippen LogP contribution >= 0.6 is 0 Å². The zero-order valence-corrected chi connectivity index (χ0v) is 11.4. The van der Waals surface area contributed by atoms with Gasteiger partial charge in [-0.05, 0) is 26.2 Å². The van der Waals surface area contributed by atoms with E-state index < -0.39 is 0 Å². The average Bonchev–Trinajstić information content (AvgIpc) is 2.46. The first-order valence-electron chi connectivity index (χ1n) is 6.56. The molecule has 1 aliphatic rings. The van der Waals surface area contributed by atoms with E-state index >= 15 is 0 Å². The molecule has 1 saturated heterocycles. The van der Waals surface area contributed by atoms with Crippen LogP contribution in [0, 0.1) is 0 Å². The largest absolute Gasteiger partial charge is 0.467 e. The van der Waals surface area contributed by atoms with Crippen molar-refractivity contribution in [3.63, 3.8) is 0 Å². The Morgan fingerprint density at radius 2 is 2.16 bits per heavy atom. The molecule has 1 fully saturated rings. The number of piperidine rings is 1. The van der Waals surface area contributed by atoms with E-state index in [9.17, 15) is 4.79 Å². The lowest BCUT2D eigenvalue weighted by atomic mass is 9.96.